The standard InChI is InChI=1S/C26H28ClNO6S.ClH/c1-17-13-24(11-12-26(17)34-33-19(3)29)35(31,32)23-9-7-20(8-10-23)14-18(2)28-16-25(30)21-5-4-6-22(27)15-21;/h4-13,15,18,25,28,30H,14,16H2,1-3H3;1H/t18-,25+;/m1./s1. The molecular weight excluding hydrogens is 525 g/mol. The lowest BCUT2D eigenvalue weighted by atomic mass is 10.1. The molecule has 3 aromatic rings. The molecule has 0 unspecified atom stereocenters. The zero-order valence-electron chi connectivity index (χ0n) is 20.1. The fourth-order valence-electron chi connectivity index (χ4n) is 3.50. The maximum absolute atomic E-state index is 13.1. The number of hydrogen-bond acceptors (Lipinski definition) is 7. The SMILES string of the molecule is CC(=O)OOc1ccc(S(=O)(=O)c2ccc(C[C@@H](C)NC[C@H](O)c3cccc(Cl)c3)cc2)cc1C.Cl. The number of carbonyl (C=O) groups is 1. The first-order valence-corrected chi connectivity index (χ1v) is 12.9. The normalized spacial score (nSPS) is 12.8. The van der Waals surface area contributed by atoms with Crippen molar-refractivity contribution < 1.29 is 28.1 Å². The third kappa shape index (κ3) is 7.94. The van der Waals surface area contributed by atoms with Crippen LogP contribution in [-0.2, 0) is 25.9 Å². The fourth-order valence-corrected chi connectivity index (χ4v) is 5.04. The molecule has 2 N–H and O–H groups in total. The summed E-state index contributed by atoms with van der Waals surface area (Å²) in [6.45, 7) is 5.24. The average Bonchev–Trinajstić information content (AvgIpc) is 2.82. The molecule has 0 fully saturated rings. The van der Waals surface area contributed by atoms with E-state index in [1.807, 2.05) is 13.0 Å². The molecule has 10 heteroatoms. The van der Waals surface area contributed by atoms with Crippen molar-refractivity contribution in [3.05, 3.63) is 88.4 Å². The van der Waals surface area contributed by atoms with Gasteiger partial charge in [0.1, 0.15) is 0 Å². The summed E-state index contributed by atoms with van der Waals surface area (Å²) in [6.07, 6.45) is -0.0258. The Morgan fingerprint density at radius 3 is 2.33 bits per heavy atom. The van der Waals surface area contributed by atoms with Crippen LogP contribution in [0.3, 0.4) is 0 Å². The number of halogens is 2. The highest BCUT2D eigenvalue weighted by Crippen LogP contribution is 2.27. The molecule has 36 heavy (non-hydrogen) atoms. The number of aryl methyl sites for hydroxylation is 1. The van der Waals surface area contributed by atoms with Crippen LogP contribution in [0.1, 0.15) is 36.6 Å². The molecule has 3 rings (SSSR count). The Morgan fingerprint density at radius 1 is 1.06 bits per heavy atom. The zero-order chi connectivity index (χ0) is 25.6. The smallest absolute Gasteiger partial charge is 0.352 e. The Morgan fingerprint density at radius 2 is 1.72 bits per heavy atom. The first-order chi connectivity index (χ1) is 16.6. The third-order valence-corrected chi connectivity index (χ3v) is 7.38. The number of rotatable bonds is 10. The molecule has 0 radical (unpaired) electrons. The van der Waals surface area contributed by atoms with E-state index in [-0.39, 0.29) is 34.0 Å². The van der Waals surface area contributed by atoms with Crippen LogP contribution in [0.2, 0.25) is 5.02 Å². The quantitative estimate of drug-likeness (QED) is 0.268. The van der Waals surface area contributed by atoms with E-state index >= 15 is 0 Å². The van der Waals surface area contributed by atoms with Crippen LogP contribution in [0.15, 0.2) is 76.5 Å². The molecular formula is C26H29Cl2NO6S. The molecule has 0 heterocycles. The van der Waals surface area contributed by atoms with Gasteiger partial charge in [0.15, 0.2) is 5.75 Å². The summed E-state index contributed by atoms with van der Waals surface area (Å²) in [4.78, 5) is 20.6. The van der Waals surface area contributed by atoms with Gasteiger partial charge in [0.05, 0.1) is 15.9 Å². The second kappa shape index (κ2) is 13.1. The van der Waals surface area contributed by atoms with Crippen LogP contribution in [0.4, 0.5) is 0 Å². The lowest BCUT2D eigenvalue weighted by molar-refractivity contribution is -0.211. The lowest BCUT2D eigenvalue weighted by Gasteiger charge is -2.18. The minimum atomic E-state index is -3.73. The Balaban J connectivity index is 0.00000456. The summed E-state index contributed by atoms with van der Waals surface area (Å²) in [6, 6.07) is 18.2. The van der Waals surface area contributed by atoms with Crippen molar-refractivity contribution in [3.63, 3.8) is 0 Å². The second-order valence-electron chi connectivity index (χ2n) is 8.32. The van der Waals surface area contributed by atoms with Crippen molar-refractivity contribution in [2.24, 2.45) is 0 Å². The molecule has 0 amide bonds. The Labute approximate surface area is 222 Å². The third-order valence-electron chi connectivity index (χ3n) is 5.37. The molecule has 3 aromatic carbocycles. The van der Waals surface area contributed by atoms with Gasteiger partial charge in [-0.15, -0.1) is 12.4 Å². The molecule has 0 aromatic heterocycles. The van der Waals surface area contributed by atoms with Gasteiger partial charge in [-0.2, -0.15) is 0 Å². The average molecular weight is 554 g/mol. The largest absolute Gasteiger partial charge is 0.387 e. The van der Waals surface area contributed by atoms with Crippen molar-refractivity contribution in [1.29, 1.82) is 0 Å². The highest BCUT2D eigenvalue weighted by Gasteiger charge is 2.19. The zero-order valence-corrected chi connectivity index (χ0v) is 22.5. The summed E-state index contributed by atoms with van der Waals surface area (Å²) >= 11 is 5.98. The summed E-state index contributed by atoms with van der Waals surface area (Å²) in [5, 5.41) is 14.2. The maximum atomic E-state index is 13.1. The van der Waals surface area contributed by atoms with Gasteiger partial charge in [0.25, 0.3) is 0 Å². The number of aliphatic hydroxyl groups excluding tert-OH is 1. The molecule has 0 saturated heterocycles. The Bertz CT molecular complexity index is 1280. The van der Waals surface area contributed by atoms with E-state index < -0.39 is 21.9 Å². The first-order valence-electron chi connectivity index (χ1n) is 11.0. The highest BCUT2D eigenvalue weighted by atomic mass is 35.5. The van der Waals surface area contributed by atoms with Crippen molar-refractivity contribution in [3.8, 4) is 5.75 Å². The van der Waals surface area contributed by atoms with Crippen molar-refractivity contribution in [2.75, 3.05) is 6.54 Å². The first kappa shape index (κ1) is 29.6. The molecule has 7 nitrogen and oxygen atoms in total. The van der Waals surface area contributed by atoms with E-state index in [0.29, 0.717) is 23.6 Å². The summed E-state index contributed by atoms with van der Waals surface area (Å²) in [5.74, 6) is -0.348. The molecule has 0 aliphatic rings. The van der Waals surface area contributed by atoms with Gasteiger partial charge in [-0.3, -0.25) is 9.78 Å². The van der Waals surface area contributed by atoms with Crippen LogP contribution in [0.5, 0.6) is 5.75 Å². The predicted molar refractivity (Wildman–Crippen MR) is 140 cm³/mol. The molecule has 194 valence electrons. The number of benzene rings is 3. The van der Waals surface area contributed by atoms with E-state index in [9.17, 15) is 18.3 Å². The molecule has 0 bridgehead atoms. The maximum Gasteiger partial charge on any atom is 0.352 e. The van der Waals surface area contributed by atoms with E-state index in [2.05, 4.69) is 10.2 Å². The molecule has 0 spiro atoms. The van der Waals surface area contributed by atoms with Crippen molar-refractivity contribution >= 4 is 39.8 Å². The molecule has 2 atom stereocenters. The summed E-state index contributed by atoms with van der Waals surface area (Å²) < 4.78 is 26.1. The predicted octanol–water partition coefficient (Wildman–Crippen LogP) is 5.01. The van der Waals surface area contributed by atoms with Gasteiger partial charge >= 0.3 is 5.97 Å². The van der Waals surface area contributed by atoms with Crippen LogP contribution >= 0.6 is 24.0 Å². The van der Waals surface area contributed by atoms with Gasteiger partial charge in [-0.05, 0) is 79.4 Å². The number of nitrogens with one attached hydrogen (secondary N) is 1. The highest BCUT2D eigenvalue weighted by molar-refractivity contribution is 7.91. The van der Waals surface area contributed by atoms with Gasteiger partial charge in [-0.1, -0.05) is 35.9 Å². The topological polar surface area (TPSA) is 102 Å². The van der Waals surface area contributed by atoms with E-state index in [0.717, 1.165) is 11.1 Å². The number of sulfone groups is 1. The summed E-state index contributed by atoms with van der Waals surface area (Å²) in [5.41, 5.74) is 2.22. The fraction of sp³-hybridized carbons (Fsp3) is 0.269. The van der Waals surface area contributed by atoms with Gasteiger partial charge in [0, 0.05) is 24.5 Å². The summed E-state index contributed by atoms with van der Waals surface area (Å²) in [7, 11) is -3.73. The van der Waals surface area contributed by atoms with E-state index in [1.165, 1.54) is 25.1 Å². The number of hydrogen-bond donors (Lipinski definition) is 2. The van der Waals surface area contributed by atoms with Crippen LogP contribution in [-0.4, -0.2) is 32.1 Å². The van der Waals surface area contributed by atoms with Gasteiger partial charge in [0.2, 0.25) is 9.84 Å². The Kier molecular flexibility index (Phi) is 10.8. The van der Waals surface area contributed by atoms with Crippen LogP contribution in [0, 0.1) is 6.92 Å². The van der Waals surface area contributed by atoms with E-state index in [4.69, 9.17) is 16.5 Å². The lowest BCUT2D eigenvalue weighted by Crippen LogP contribution is -2.32. The number of aliphatic hydroxyl groups is 1. The minimum Gasteiger partial charge on any atom is -0.387 e. The van der Waals surface area contributed by atoms with E-state index in [1.54, 1.807) is 49.4 Å². The Hall–Kier alpha value is -2.62. The molecule has 0 aliphatic carbocycles. The van der Waals surface area contributed by atoms with Crippen molar-refractivity contribution in [2.45, 2.75) is 49.1 Å². The van der Waals surface area contributed by atoms with Gasteiger partial charge in [-0.25, -0.2) is 13.2 Å². The van der Waals surface area contributed by atoms with Crippen LogP contribution < -0.4 is 10.2 Å². The number of carbonyl (C=O) groups excluding carboxylic acids is 1. The van der Waals surface area contributed by atoms with Crippen LogP contribution in [0.25, 0.3) is 0 Å². The monoisotopic (exact) mass is 553 g/mol. The molecule has 0 aliphatic heterocycles. The molecule has 0 saturated carbocycles. The minimum absolute atomic E-state index is 0. The van der Waals surface area contributed by atoms with Gasteiger partial charge < -0.3 is 10.4 Å². The second-order valence-corrected chi connectivity index (χ2v) is 10.7. The van der Waals surface area contributed by atoms with Crippen molar-refractivity contribution in [1.82, 2.24) is 5.32 Å².